The van der Waals surface area contributed by atoms with Crippen molar-refractivity contribution in [2.45, 2.75) is 26.3 Å². The van der Waals surface area contributed by atoms with Crippen molar-refractivity contribution in [3.63, 3.8) is 0 Å². The third-order valence-electron chi connectivity index (χ3n) is 3.80. The molecule has 1 aliphatic rings. The normalized spacial score (nSPS) is 16.7. The predicted molar refractivity (Wildman–Crippen MR) is 79.3 cm³/mol. The van der Waals surface area contributed by atoms with E-state index >= 15 is 0 Å². The number of benzene rings is 1. The molecule has 2 heterocycles. The highest BCUT2D eigenvalue weighted by Crippen LogP contribution is 2.27. The van der Waals surface area contributed by atoms with Crippen LogP contribution >= 0.6 is 0 Å². The molecule has 22 heavy (non-hydrogen) atoms. The van der Waals surface area contributed by atoms with Gasteiger partial charge >= 0.3 is 0 Å². The minimum Gasteiger partial charge on any atom is -0.492 e. The first-order chi connectivity index (χ1) is 10.7. The molecule has 1 aromatic heterocycles. The molecule has 1 atom stereocenters. The van der Waals surface area contributed by atoms with Crippen LogP contribution < -0.4 is 4.74 Å². The number of carbonyl (C=O) groups is 1. The highest BCUT2D eigenvalue weighted by Gasteiger charge is 2.28. The molecule has 0 aliphatic carbocycles. The molecular weight excluding hydrogens is 282 g/mol. The first-order valence-corrected chi connectivity index (χ1v) is 7.44. The molecule has 0 saturated carbocycles. The Morgan fingerprint density at radius 2 is 2.23 bits per heavy atom. The van der Waals surface area contributed by atoms with Gasteiger partial charge in [0, 0.05) is 13.5 Å². The Hall–Kier alpha value is -2.37. The molecule has 0 unspecified atom stereocenters. The number of aryl methyl sites for hydroxylation is 1. The molecule has 0 spiro atoms. The molecule has 1 aromatic carbocycles. The van der Waals surface area contributed by atoms with Crippen LogP contribution in [-0.2, 0) is 24.2 Å². The fourth-order valence-corrected chi connectivity index (χ4v) is 2.58. The van der Waals surface area contributed by atoms with Gasteiger partial charge in [-0.1, -0.05) is 30.3 Å². The third-order valence-corrected chi connectivity index (χ3v) is 3.80. The molecule has 6 heteroatoms. The first kappa shape index (κ1) is 14.6. The standard InChI is InChI=1S/C16H19N3O3/c1-3-14-17-15(22-18-14)9-19(2)16(20)12-8-11-6-4-5-7-13(11)21-10-12/h4-7,12H,3,8-10H2,1-2H3/t12-/m1/s1. The van der Waals surface area contributed by atoms with Crippen LogP contribution in [0.2, 0.25) is 0 Å². The van der Waals surface area contributed by atoms with Crippen LogP contribution in [-0.4, -0.2) is 34.6 Å². The fourth-order valence-electron chi connectivity index (χ4n) is 2.58. The van der Waals surface area contributed by atoms with E-state index in [2.05, 4.69) is 10.1 Å². The molecule has 0 radical (unpaired) electrons. The molecule has 1 amide bonds. The van der Waals surface area contributed by atoms with Crippen LogP contribution in [0.1, 0.15) is 24.2 Å². The van der Waals surface area contributed by atoms with E-state index in [1.807, 2.05) is 31.2 Å². The van der Waals surface area contributed by atoms with E-state index in [4.69, 9.17) is 9.26 Å². The van der Waals surface area contributed by atoms with Crippen LogP contribution in [0, 0.1) is 5.92 Å². The Morgan fingerprint density at radius 3 is 3.00 bits per heavy atom. The van der Waals surface area contributed by atoms with Crippen LogP contribution in [0.15, 0.2) is 28.8 Å². The van der Waals surface area contributed by atoms with Gasteiger partial charge < -0.3 is 14.2 Å². The van der Waals surface area contributed by atoms with Gasteiger partial charge in [0.25, 0.3) is 0 Å². The van der Waals surface area contributed by atoms with E-state index in [9.17, 15) is 4.79 Å². The summed E-state index contributed by atoms with van der Waals surface area (Å²) in [5, 5.41) is 3.84. The SMILES string of the molecule is CCc1noc(CN(C)C(=O)[C@H]2COc3ccccc3C2)n1. The number of amides is 1. The summed E-state index contributed by atoms with van der Waals surface area (Å²) in [6, 6.07) is 7.84. The van der Waals surface area contributed by atoms with E-state index < -0.39 is 0 Å². The fraction of sp³-hybridized carbons (Fsp3) is 0.438. The molecule has 2 aromatic rings. The van der Waals surface area contributed by atoms with Crippen molar-refractivity contribution in [1.29, 1.82) is 0 Å². The third kappa shape index (κ3) is 2.95. The second-order valence-electron chi connectivity index (χ2n) is 5.47. The molecule has 0 fully saturated rings. The number of rotatable bonds is 4. The number of ether oxygens (including phenoxy) is 1. The maximum Gasteiger partial charge on any atom is 0.246 e. The number of aromatic nitrogens is 2. The maximum atomic E-state index is 12.5. The van der Waals surface area contributed by atoms with Gasteiger partial charge in [-0.15, -0.1) is 0 Å². The highest BCUT2D eigenvalue weighted by atomic mass is 16.5. The van der Waals surface area contributed by atoms with E-state index in [0.717, 1.165) is 11.3 Å². The van der Waals surface area contributed by atoms with Crippen molar-refractivity contribution in [3.05, 3.63) is 41.5 Å². The Morgan fingerprint density at radius 1 is 1.41 bits per heavy atom. The zero-order chi connectivity index (χ0) is 15.5. The molecule has 0 bridgehead atoms. The summed E-state index contributed by atoms with van der Waals surface area (Å²) in [6.45, 7) is 2.69. The zero-order valence-electron chi connectivity index (χ0n) is 12.8. The minimum absolute atomic E-state index is 0.0331. The molecule has 0 N–H and O–H groups in total. The second kappa shape index (κ2) is 6.17. The Bertz CT molecular complexity index is 668. The van der Waals surface area contributed by atoms with Gasteiger partial charge in [-0.3, -0.25) is 4.79 Å². The van der Waals surface area contributed by atoms with E-state index in [1.54, 1.807) is 11.9 Å². The second-order valence-corrected chi connectivity index (χ2v) is 5.47. The van der Waals surface area contributed by atoms with Crippen LogP contribution in [0.25, 0.3) is 0 Å². The number of carbonyl (C=O) groups excluding carboxylic acids is 1. The maximum absolute atomic E-state index is 12.5. The number of hydrogen-bond acceptors (Lipinski definition) is 5. The molecule has 116 valence electrons. The van der Waals surface area contributed by atoms with Gasteiger partial charge in [0.05, 0.1) is 12.5 Å². The van der Waals surface area contributed by atoms with Gasteiger partial charge in [-0.05, 0) is 18.1 Å². The average Bonchev–Trinajstić information content (AvgIpc) is 3.01. The summed E-state index contributed by atoms with van der Waals surface area (Å²) in [4.78, 5) is 18.4. The lowest BCUT2D eigenvalue weighted by Gasteiger charge is -2.27. The molecule has 3 rings (SSSR count). The summed E-state index contributed by atoms with van der Waals surface area (Å²) in [7, 11) is 1.75. The van der Waals surface area contributed by atoms with Crippen LogP contribution in [0.3, 0.4) is 0 Å². The number of para-hydroxylation sites is 1. The van der Waals surface area contributed by atoms with Gasteiger partial charge in [0.2, 0.25) is 11.8 Å². The van der Waals surface area contributed by atoms with Crippen molar-refractivity contribution < 1.29 is 14.1 Å². The summed E-state index contributed by atoms with van der Waals surface area (Å²) in [5.74, 6) is 1.86. The van der Waals surface area contributed by atoms with Gasteiger partial charge in [0.15, 0.2) is 5.82 Å². The lowest BCUT2D eigenvalue weighted by Crippen LogP contribution is -2.38. The largest absolute Gasteiger partial charge is 0.492 e. The van der Waals surface area contributed by atoms with Crippen molar-refractivity contribution in [3.8, 4) is 5.75 Å². The smallest absolute Gasteiger partial charge is 0.246 e. The quantitative estimate of drug-likeness (QED) is 0.862. The Balaban J connectivity index is 1.64. The van der Waals surface area contributed by atoms with Gasteiger partial charge in [0.1, 0.15) is 12.4 Å². The van der Waals surface area contributed by atoms with Gasteiger partial charge in [-0.25, -0.2) is 0 Å². The van der Waals surface area contributed by atoms with Crippen LogP contribution in [0.5, 0.6) is 5.75 Å². The Kier molecular flexibility index (Phi) is 4.09. The van der Waals surface area contributed by atoms with Crippen molar-refractivity contribution >= 4 is 5.91 Å². The van der Waals surface area contributed by atoms with E-state index in [-0.39, 0.29) is 11.8 Å². The van der Waals surface area contributed by atoms with Gasteiger partial charge in [-0.2, -0.15) is 4.98 Å². The minimum atomic E-state index is -0.173. The lowest BCUT2D eigenvalue weighted by atomic mass is 9.95. The van der Waals surface area contributed by atoms with E-state index in [0.29, 0.717) is 37.7 Å². The Labute approximate surface area is 129 Å². The summed E-state index contributed by atoms with van der Waals surface area (Å²) < 4.78 is 10.8. The monoisotopic (exact) mass is 301 g/mol. The molecule has 1 aliphatic heterocycles. The van der Waals surface area contributed by atoms with Crippen molar-refractivity contribution in [1.82, 2.24) is 15.0 Å². The summed E-state index contributed by atoms with van der Waals surface area (Å²) >= 11 is 0. The first-order valence-electron chi connectivity index (χ1n) is 7.44. The zero-order valence-corrected chi connectivity index (χ0v) is 12.8. The highest BCUT2D eigenvalue weighted by molar-refractivity contribution is 5.79. The summed E-state index contributed by atoms with van der Waals surface area (Å²) in [5.41, 5.74) is 1.08. The molecule has 0 saturated heterocycles. The topological polar surface area (TPSA) is 68.5 Å². The number of fused-ring (bicyclic) bond motifs is 1. The summed E-state index contributed by atoms with van der Waals surface area (Å²) in [6.07, 6.45) is 1.41. The predicted octanol–water partition coefficient (Wildman–Crippen LogP) is 1.84. The number of nitrogens with zero attached hydrogens (tertiary/aromatic N) is 3. The average molecular weight is 301 g/mol. The van der Waals surface area contributed by atoms with Crippen LogP contribution in [0.4, 0.5) is 0 Å². The van der Waals surface area contributed by atoms with Crippen molar-refractivity contribution in [2.24, 2.45) is 5.92 Å². The molecule has 6 nitrogen and oxygen atoms in total. The lowest BCUT2D eigenvalue weighted by molar-refractivity contribution is -0.136. The van der Waals surface area contributed by atoms with E-state index in [1.165, 1.54) is 0 Å². The van der Waals surface area contributed by atoms with Crippen molar-refractivity contribution in [2.75, 3.05) is 13.7 Å². The molecular formula is C16H19N3O3. The number of hydrogen-bond donors (Lipinski definition) is 0.